The average molecular weight is 296 g/mol. The van der Waals surface area contributed by atoms with Gasteiger partial charge in [0.15, 0.2) is 0 Å². The van der Waals surface area contributed by atoms with Gasteiger partial charge >= 0.3 is 0 Å². The van der Waals surface area contributed by atoms with Crippen molar-refractivity contribution >= 4 is 11.8 Å². The van der Waals surface area contributed by atoms with Crippen LogP contribution < -0.4 is 0 Å². The summed E-state index contributed by atoms with van der Waals surface area (Å²) < 4.78 is 0. The molecule has 0 aliphatic rings. The van der Waals surface area contributed by atoms with Crippen molar-refractivity contribution in [3.8, 4) is 0 Å². The van der Waals surface area contributed by atoms with Gasteiger partial charge in [0.1, 0.15) is 18.3 Å². The Morgan fingerprint density at radius 3 is 2.00 bits per heavy atom. The minimum absolute atomic E-state index is 0.310. The molecule has 116 valence electrons. The highest BCUT2D eigenvalue weighted by atomic mass is 32.2. The predicted octanol–water partition coefficient (Wildman–Crippen LogP) is 0.126. The molecule has 0 amide bonds. The molecule has 0 rings (SSSR count). The highest BCUT2D eigenvalue weighted by molar-refractivity contribution is 7.99. The normalized spacial score (nSPS) is 18.0. The van der Waals surface area contributed by atoms with E-state index in [9.17, 15) is 15.3 Å². The zero-order valence-corrected chi connectivity index (χ0v) is 12.4. The van der Waals surface area contributed by atoms with E-state index in [4.69, 9.17) is 10.2 Å². The summed E-state index contributed by atoms with van der Waals surface area (Å²) in [7, 11) is 0. The van der Waals surface area contributed by atoms with E-state index in [2.05, 4.69) is 6.92 Å². The Hall–Kier alpha value is 0.150. The molecule has 0 radical (unpaired) electrons. The van der Waals surface area contributed by atoms with Gasteiger partial charge in [0.05, 0.1) is 12.7 Å². The van der Waals surface area contributed by atoms with E-state index in [0.29, 0.717) is 5.75 Å². The molecule has 6 heteroatoms. The van der Waals surface area contributed by atoms with E-state index in [-0.39, 0.29) is 0 Å². The Balaban J connectivity index is 3.64. The molecule has 0 aromatic rings. The summed E-state index contributed by atoms with van der Waals surface area (Å²) in [5.41, 5.74) is 0. The number of unbranched alkanes of at least 4 members (excludes halogenated alkanes) is 4. The lowest BCUT2D eigenvalue weighted by Gasteiger charge is -2.25. The maximum absolute atomic E-state index is 9.65. The van der Waals surface area contributed by atoms with Crippen LogP contribution in [0.5, 0.6) is 0 Å². The molecule has 0 unspecified atom stereocenters. The molecule has 0 aliphatic carbocycles. The van der Waals surface area contributed by atoms with Gasteiger partial charge in [0.2, 0.25) is 0 Å². The third-order valence-electron chi connectivity index (χ3n) is 3.01. The first-order valence-electron chi connectivity index (χ1n) is 6.95. The molecule has 19 heavy (non-hydrogen) atoms. The number of thioether (sulfide) groups is 1. The van der Waals surface area contributed by atoms with Gasteiger partial charge in [-0.15, -0.1) is 0 Å². The van der Waals surface area contributed by atoms with Crippen molar-refractivity contribution in [2.45, 2.75) is 63.4 Å². The number of aliphatic hydroxyl groups excluding tert-OH is 5. The minimum Gasteiger partial charge on any atom is -0.394 e. The van der Waals surface area contributed by atoms with Crippen LogP contribution >= 0.6 is 11.8 Å². The number of hydrogen-bond acceptors (Lipinski definition) is 6. The highest BCUT2D eigenvalue weighted by Crippen LogP contribution is 2.13. The Kier molecular flexibility index (Phi) is 12.0. The molecule has 0 aromatic heterocycles. The van der Waals surface area contributed by atoms with E-state index in [1.54, 1.807) is 0 Å². The molecule has 5 nitrogen and oxygen atoms in total. The van der Waals surface area contributed by atoms with Crippen molar-refractivity contribution < 1.29 is 25.5 Å². The fraction of sp³-hybridized carbons (Fsp3) is 1.00. The topological polar surface area (TPSA) is 101 Å². The summed E-state index contributed by atoms with van der Waals surface area (Å²) in [4.78, 5) is 0. The quantitative estimate of drug-likeness (QED) is 0.328. The zero-order valence-electron chi connectivity index (χ0n) is 11.6. The lowest BCUT2D eigenvalue weighted by Crippen LogP contribution is -2.46. The predicted molar refractivity (Wildman–Crippen MR) is 77.2 cm³/mol. The summed E-state index contributed by atoms with van der Waals surface area (Å²) in [6, 6.07) is 0. The van der Waals surface area contributed by atoms with Gasteiger partial charge in [-0.3, -0.25) is 0 Å². The average Bonchev–Trinajstić information content (AvgIpc) is 2.43. The van der Waals surface area contributed by atoms with Crippen molar-refractivity contribution in [3.63, 3.8) is 0 Å². The fourth-order valence-electron chi connectivity index (χ4n) is 1.67. The SMILES string of the molecule is CCCCCCCSC[C@@H](O)[C@H](O)[C@H](O)[C@@H](O)CO. The van der Waals surface area contributed by atoms with E-state index in [1.165, 1.54) is 37.4 Å². The van der Waals surface area contributed by atoms with E-state index >= 15 is 0 Å². The van der Waals surface area contributed by atoms with Gasteiger partial charge in [-0.2, -0.15) is 11.8 Å². The van der Waals surface area contributed by atoms with Crippen LogP contribution in [-0.4, -0.2) is 68.1 Å². The van der Waals surface area contributed by atoms with E-state index < -0.39 is 31.0 Å². The van der Waals surface area contributed by atoms with Crippen LogP contribution in [-0.2, 0) is 0 Å². The van der Waals surface area contributed by atoms with Crippen LogP contribution in [0.2, 0.25) is 0 Å². The van der Waals surface area contributed by atoms with Gasteiger partial charge in [0, 0.05) is 5.75 Å². The van der Waals surface area contributed by atoms with Crippen molar-refractivity contribution in [3.05, 3.63) is 0 Å². The number of hydrogen-bond donors (Lipinski definition) is 5. The number of rotatable bonds is 12. The second-order valence-corrected chi connectivity index (χ2v) is 5.94. The number of aliphatic hydroxyl groups is 5. The lowest BCUT2D eigenvalue weighted by atomic mass is 10.0. The molecule has 0 heterocycles. The summed E-state index contributed by atoms with van der Waals surface area (Å²) in [5.74, 6) is 1.22. The standard InChI is InChI=1S/C13H28O5S/c1-2-3-4-5-6-7-19-9-11(16)13(18)12(17)10(15)8-14/h10-18H,2-9H2,1H3/t10-,11+,12+,13-/m0/s1. The van der Waals surface area contributed by atoms with E-state index in [1.807, 2.05) is 0 Å². The third-order valence-corrected chi connectivity index (χ3v) is 4.16. The summed E-state index contributed by atoms with van der Waals surface area (Å²) in [5, 5.41) is 46.5. The van der Waals surface area contributed by atoms with Crippen LogP contribution in [0.4, 0.5) is 0 Å². The van der Waals surface area contributed by atoms with Gasteiger partial charge in [-0.25, -0.2) is 0 Å². The molecule has 0 aromatic carbocycles. The first kappa shape index (κ1) is 19.1. The Morgan fingerprint density at radius 1 is 0.842 bits per heavy atom. The van der Waals surface area contributed by atoms with Crippen LogP contribution in [0.25, 0.3) is 0 Å². The monoisotopic (exact) mass is 296 g/mol. The molecular weight excluding hydrogens is 268 g/mol. The highest BCUT2D eigenvalue weighted by Gasteiger charge is 2.29. The lowest BCUT2D eigenvalue weighted by molar-refractivity contribution is -0.109. The Labute approximate surface area is 119 Å². The zero-order chi connectivity index (χ0) is 14.7. The van der Waals surface area contributed by atoms with Crippen LogP contribution in [0.15, 0.2) is 0 Å². The summed E-state index contributed by atoms with van der Waals surface area (Å²) in [6.07, 6.45) is 0.449. The molecular formula is C13H28O5S. The maximum Gasteiger partial charge on any atom is 0.111 e. The third kappa shape index (κ3) is 8.83. The van der Waals surface area contributed by atoms with Crippen molar-refractivity contribution in [1.82, 2.24) is 0 Å². The summed E-state index contributed by atoms with van der Waals surface area (Å²) >= 11 is 1.52. The first-order valence-corrected chi connectivity index (χ1v) is 8.10. The Morgan fingerprint density at radius 2 is 1.42 bits per heavy atom. The Bertz CT molecular complexity index is 205. The van der Waals surface area contributed by atoms with Gasteiger partial charge in [-0.1, -0.05) is 32.6 Å². The molecule has 0 aliphatic heterocycles. The fourth-order valence-corrected chi connectivity index (χ4v) is 2.69. The van der Waals surface area contributed by atoms with Crippen molar-refractivity contribution in [2.75, 3.05) is 18.1 Å². The van der Waals surface area contributed by atoms with Gasteiger partial charge in [-0.05, 0) is 12.2 Å². The molecule has 5 N–H and O–H groups in total. The second kappa shape index (κ2) is 11.9. The minimum atomic E-state index is -1.52. The van der Waals surface area contributed by atoms with Crippen LogP contribution in [0.1, 0.15) is 39.0 Å². The van der Waals surface area contributed by atoms with Crippen LogP contribution in [0, 0.1) is 0 Å². The second-order valence-electron chi connectivity index (χ2n) is 4.79. The van der Waals surface area contributed by atoms with E-state index in [0.717, 1.165) is 12.2 Å². The smallest absolute Gasteiger partial charge is 0.111 e. The first-order chi connectivity index (χ1) is 9.04. The van der Waals surface area contributed by atoms with Crippen molar-refractivity contribution in [1.29, 1.82) is 0 Å². The summed E-state index contributed by atoms with van der Waals surface area (Å²) in [6.45, 7) is 1.52. The molecule has 0 fully saturated rings. The molecule has 0 saturated heterocycles. The van der Waals surface area contributed by atoms with Crippen LogP contribution in [0.3, 0.4) is 0 Å². The maximum atomic E-state index is 9.65. The molecule has 4 atom stereocenters. The molecule has 0 spiro atoms. The van der Waals surface area contributed by atoms with Gasteiger partial charge < -0.3 is 25.5 Å². The van der Waals surface area contributed by atoms with Crippen molar-refractivity contribution in [2.24, 2.45) is 0 Å². The molecule has 0 saturated carbocycles. The molecule has 0 bridgehead atoms. The largest absolute Gasteiger partial charge is 0.394 e. The van der Waals surface area contributed by atoms with Gasteiger partial charge in [0.25, 0.3) is 0 Å².